The Morgan fingerprint density at radius 2 is 1.88 bits per heavy atom. The Kier molecular flexibility index (Phi) is 7.15. The van der Waals surface area contributed by atoms with Crippen molar-refractivity contribution in [3.63, 3.8) is 0 Å². The molecule has 2 rings (SSSR count). The van der Waals surface area contributed by atoms with E-state index in [2.05, 4.69) is 62.3 Å². The molecular weight excluding hydrogens is 324 g/mol. The van der Waals surface area contributed by atoms with Crippen molar-refractivity contribution < 1.29 is 9.84 Å². The number of nitrogens with one attached hydrogen (secondary N) is 1. The fourth-order valence-corrected chi connectivity index (χ4v) is 3.22. The first-order valence-corrected chi connectivity index (χ1v) is 9.57. The summed E-state index contributed by atoms with van der Waals surface area (Å²) in [5.74, 6) is 1.01. The predicted octanol–water partition coefficient (Wildman–Crippen LogP) is 3.83. The molecule has 144 valence electrons. The molecule has 2 N–H and O–H groups in total. The number of likely N-dealkylation sites (tertiary alicyclic amines) is 1. The molecule has 0 unspecified atom stereocenters. The average Bonchev–Trinajstić information content (AvgIpc) is 2.61. The van der Waals surface area contributed by atoms with Crippen molar-refractivity contribution in [1.29, 1.82) is 0 Å². The molecule has 1 fully saturated rings. The molecule has 1 saturated heterocycles. The molecule has 1 aromatic carbocycles. The zero-order chi connectivity index (χ0) is 19.2. The minimum atomic E-state index is 0.0730. The van der Waals surface area contributed by atoms with E-state index in [4.69, 9.17) is 9.84 Å². The lowest BCUT2D eigenvalue weighted by atomic mass is 9.86. The third kappa shape index (κ3) is 5.53. The Morgan fingerprint density at radius 3 is 2.50 bits per heavy atom. The van der Waals surface area contributed by atoms with Crippen LogP contribution in [0, 0.1) is 0 Å². The summed E-state index contributed by atoms with van der Waals surface area (Å²) in [5, 5.41) is 12.1. The van der Waals surface area contributed by atoms with Crippen LogP contribution in [0.2, 0.25) is 0 Å². The lowest BCUT2D eigenvalue weighted by molar-refractivity contribution is 0.116. The van der Waals surface area contributed by atoms with Gasteiger partial charge in [-0.15, -0.1) is 0 Å². The van der Waals surface area contributed by atoms with Crippen LogP contribution in [0.15, 0.2) is 48.8 Å². The Hall–Kier alpha value is -1.94. The van der Waals surface area contributed by atoms with E-state index in [1.165, 1.54) is 5.56 Å². The molecule has 1 aromatic rings. The van der Waals surface area contributed by atoms with Crippen LogP contribution >= 0.6 is 0 Å². The van der Waals surface area contributed by atoms with Gasteiger partial charge in [-0.3, -0.25) is 0 Å². The molecule has 0 atom stereocenters. The minimum absolute atomic E-state index is 0.0730. The summed E-state index contributed by atoms with van der Waals surface area (Å²) in [6.45, 7) is 17.6. The Bertz CT molecular complexity index is 611. The van der Waals surface area contributed by atoms with Gasteiger partial charge in [0.2, 0.25) is 0 Å². The van der Waals surface area contributed by atoms with Gasteiger partial charge in [-0.25, -0.2) is 0 Å². The number of aliphatic hydroxyl groups excluding tert-OH is 1. The third-order valence-corrected chi connectivity index (χ3v) is 4.83. The maximum atomic E-state index is 8.87. The Morgan fingerprint density at radius 1 is 1.23 bits per heavy atom. The van der Waals surface area contributed by atoms with Crippen molar-refractivity contribution in [2.24, 2.45) is 0 Å². The number of ether oxygens (including phenoxy) is 1. The van der Waals surface area contributed by atoms with Gasteiger partial charge in [-0.05, 0) is 23.5 Å². The van der Waals surface area contributed by atoms with E-state index in [1.54, 1.807) is 0 Å². The highest BCUT2D eigenvalue weighted by atomic mass is 16.5. The molecule has 0 saturated carbocycles. The molecule has 26 heavy (non-hydrogen) atoms. The topological polar surface area (TPSA) is 44.7 Å². The first kappa shape index (κ1) is 20.4. The molecule has 1 aliphatic heterocycles. The summed E-state index contributed by atoms with van der Waals surface area (Å²) in [5.41, 5.74) is 3.12. The van der Waals surface area contributed by atoms with Crippen molar-refractivity contribution >= 4 is 0 Å². The normalized spacial score (nSPS) is 15.6. The second kappa shape index (κ2) is 9.13. The molecular formula is C22H34N2O2. The van der Waals surface area contributed by atoms with Crippen LogP contribution in [0.25, 0.3) is 0 Å². The smallest absolute Gasteiger partial charge is 0.123 e. The highest BCUT2D eigenvalue weighted by Gasteiger charge is 2.25. The fourth-order valence-electron chi connectivity index (χ4n) is 3.22. The van der Waals surface area contributed by atoms with Gasteiger partial charge in [0.05, 0.1) is 5.70 Å². The third-order valence-electron chi connectivity index (χ3n) is 4.83. The molecule has 0 amide bonds. The zero-order valence-electron chi connectivity index (χ0n) is 16.6. The maximum absolute atomic E-state index is 8.87. The maximum Gasteiger partial charge on any atom is 0.123 e. The molecule has 4 nitrogen and oxygen atoms in total. The van der Waals surface area contributed by atoms with Gasteiger partial charge < -0.3 is 20.1 Å². The van der Waals surface area contributed by atoms with E-state index in [9.17, 15) is 0 Å². The highest BCUT2D eigenvalue weighted by Crippen LogP contribution is 2.33. The van der Waals surface area contributed by atoms with Gasteiger partial charge in [0, 0.05) is 44.8 Å². The molecule has 1 aliphatic rings. The lowest BCUT2D eigenvalue weighted by Crippen LogP contribution is -2.39. The van der Waals surface area contributed by atoms with Crippen LogP contribution in [0.4, 0.5) is 0 Å². The summed E-state index contributed by atoms with van der Waals surface area (Å²) in [6.07, 6.45) is 2.90. The Labute approximate surface area is 158 Å². The van der Waals surface area contributed by atoms with E-state index in [0.29, 0.717) is 0 Å². The van der Waals surface area contributed by atoms with Gasteiger partial charge in [-0.2, -0.15) is 0 Å². The van der Waals surface area contributed by atoms with Gasteiger partial charge >= 0.3 is 0 Å². The molecule has 0 radical (unpaired) electrons. The number of hydrogen-bond donors (Lipinski definition) is 2. The highest BCUT2D eigenvalue weighted by molar-refractivity contribution is 5.38. The summed E-state index contributed by atoms with van der Waals surface area (Å²) in [4.78, 5) is 2.27. The number of para-hydroxylation sites is 1. The molecule has 0 aliphatic carbocycles. The second-order valence-electron chi connectivity index (χ2n) is 7.98. The summed E-state index contributed by atoms with van der Waals surface area (Å²) >= 11 is 0. The molecule has 4 heteroatoms. The van der Waals surface area contributed by atoms with Crippen molar-refractivity contribution in [3.8, 4) is 5.75 Å². The van der Waals surface area contributed by atoms with Crippen LogP contribution in [0.1, 0.15) is 45.6 Å². The van der Waals surface area contributed by atoms with E-state index in [1.807, 2.05) is 6.07 Å². The van der Waals surface area contributed by atoms with Crippen LogP contribution in [-0.4, -0.2) is 42.4 Å². The number of nitrogens with zero attached hydrogens (tertiary/aromatic N) is 1. The van der Waals surface area contributed by atoms with Crippen molar-refractivity contribution in [2.75, 3.05) is 26.2 Å². The van der Waals surface area contributed by atoms with Gasteiger partial charge in [0.1, 0.15) is 11.9 Å². The first-order valence-electron chi connectivity index (χ1n) is 9.57. The van der Waals surface area contributed by atoms with Crippen molar-refractivity contribution in [1.82, 2.24) is 10.2 Å². The van der Waals surface area contributed by atoms with E-state index >= 15 is 0 Å². The van der Waals surface area contributed by atoms with Gasteiger partial charge in [0.15, 0.2) is 0 Å². The standard InChI is InChI=1S/C22H34N2O2/c1-17(23-13-8-16-25)18(2)24-14-11-19(12-15-24)26-21-10-7-6-9-20(21)22(3,4)5/h6-7,9-10,19,23,25H,1-2,8,11-16H2,3-5H3. The predicted molar refractivity (Wildman–Crippen MR) is 108 cm³/mol. The van der Waals surface area contributed by atoms with Gasteiger partial charge in [0.25, 0.3) is 0 Å². The molecule has 0 spiro atoms. The fraction of sp³-hybridized carbons (Fsp3) is 0.545. The van der Waals surface area contributed by atoms with Crippen LogP contribution < -0.4 is 10.1 Å². The lowest BCUT2D eigenvalue weighted by Gasteiger charge is -2.36. The summed E-state index contributed by atoms with van der Waals surface area (Å²) in [7, 11) is 0. The van der Waals surface area contributed by atoms with Crippen LogP contribution in [0.3, 0.4) is 0 Å². The largest absolute Gasteiger partial charge is 0.490 e. The molecule has 1 heterocycles. The van der Waals surface area contributed by atoms with Crippen molar-refractivity contribution in [2.45, 2.75) is 51.6 Å². The number of benzene rings is 1. The summed E-state index contributed by atoms with van der Waals surface area (Å²) < 4.78 is 6.36. The molecule has 0 aromatic heterocycles. The van der Waals surface area contributed by atoms with E-state index < -0.39 is 0 Å². The molecule has 0 bridgehead atoms. The van der Waals surface area contributed by atoms with Crippen molar-refractivity contribution in [3.05, 3.63) is 54.4 Å². The first-order chi connectivity index (χ1) is 12.3. The monoisotopic (exact) mass is 358 g/mol. The SMILES string of the molecule is C=C(NCCCO)C(=C)N1CCC(Oc2ccccc2C(C)(C)C)CC1. The number of aliphatic hydroxyl groups is 1. The van der Waals surface area contributed by atoms with Crippen LogP contribution in [-0.2, 0) is 5.41 Å². The van der Waals surface area contributed by atoms with E-state index in [-0.39, 0.29) is 18.1 Å². The quantitative estimate of drug-likeness (QED) is 0.548. The number of hydrogen-bond acceptors (Lipinski definition) is 4. The van der Waals surface area contributed by atoms with Crippen LogP contribution in [0.5, 0.6) is 5.75 Å². The summed E-state index contributed by atoms with van der Waals surface area (Å²) in [6, 6.07) is 8.37. The minimum Gasteiger partial charge on any atom is -0.490 e. The van der Waals surface area contributed by atoms with E-state index in [0.717, 1.165) is 56.0 Å². The number of rotatable bonds is 8. The van der Waals surface area contributed by atoms with Gasteiger partial charge in [-0.1, -0.05) is 52.1 Å². The second-order valence-corrected chi connectivity index (χ2v) is 7.98. The average molecular weight is 359 g/mol. The Balaban J connectivity index is 1.88. The number of piperidine rings is 1. The zero-order valence-corrected chi connectivity index (χ0v) is 16.6.